The molecule has 0 heterocycles. The lowest BCUT2D eigenvalue weighted by molar-refractivity contribution is 0.593. The fourth-order valence-electron chi connectivity index (χ4n) is 1.71. The number of hydrogen-bond donors (Lipinski definition) is 0. The third-order valence-electron chi connectivity index (χ3n) is 2.58. The van der Waals surface area contributed by atoms with E-state index in [9.17, 15) is 9.30 Å². The molecule has 92 valence electrons. The van der Waals surface area contributed by atoms with Crippen molar-refractivity contribution in [1.29, 1.82) is 0 Å². The van der Waals surface area contributed by atoms with Crippen molar-refractivity contribution in [3.63, 3.8) is 0 Å². The average molecular weight is 329 g/mol. The van der Waals surface area contributed by atoms with Crippen LogP contribution in [0.4, 0.5) is 4.39 Å². The number of benzene rings is 2. The predicted molar refractivity (Wildman–Crippen MR) is 73.2 cm³/mol. The molecule has 0 fully saturated rings. The Kier molecular flexibility index (Phi) is 4.09. The first-order valence-corrected chi connectivity index (χ1v) is 6.33. The van der Waals surface area contributed by atoms with Crippen LogP contribution in [0.3, 0.4) is 0 Å². The van der Waals surface area contributed by atoms with Gasteiger partial charge in [0.25, 0.3) is 0 Å². The first kappa shape index (κ1) is 13.2. The minimum absolute atomic E-state index is 0.201. The van der Waals surface area contributed by atoms with Gasteiger partial charge in [-0.3, -0.25) is 0 Å². The predicted octanol–water partition coefficient (Wildman–Crippen LogP) is 5.10. The highest BCUT2D eigenvalue weighted by atomic mass is 79.9. The summed E-state index contributed by atoms with van der Waals surface area (Å²) in [7, 11) is 0. The van der Waals surface area contributed by atoms with Crippen molar-refractivity contribution >= 4 is 27.5 Å². The Bertz CT molecular complexity index is 591. The highest BCUT2D eigenvalue weighted by Gasteiger charge is 2.21. The van der Waals surface area contributed by atoms with E-state index in [1.807, 2.05) is 0 Å². The first-order chi connectivity index (χ1) is 8.65. The molecule has 0 amide bonds. The van der Waals surface area contributed by atoms with E-state index in [1.54, 1.807) is 36.4 Å². The van der Waals surface area contributed by atoms with Crippen molar-refractivity contribution in [2.24, 2.45) is 5.18 Å². The molecule has 0 bridgehead atoms. The van der Waals surface area contributed by atoms with Crippen molar-refractivity contribution in [3.05, 3.63) is 73.8 Å². The summed E-state index contributed by atoms with van der Waals surface area (Å²) in [5.74, 6) is -0.498. The molecule has 0 aromatic heterocycles. The standard InChI is InChI=1S/C13H8BrClFNO/c14-10-6-3-5-9(12(10)16)13(17-18)8-4-1-2-7-11(8)15/h1-7,13H. The molecule has 5 heteroatoms. The molecular formula is C13H8BrClFNO. The van der Waals surface area contributed by atoms with Gasteiger partial charge in [0.1, 0.15) is 11.9 Å². The topological polar surface area (TPSA) is 29.4 Å². The lowest BCUT2D eigenvalue weighted by atomic mass is 9.99. The van der Waals surface area contributed by atoms with Crippen molar-refractivity contribution in [2.75, 3.05) is 0 Å². The van der Waals surface area contributed by atoms with Gasteiger partial charge in [-0.2, -0.15) is 0 Å². The van der Waals surface area contributed by atoms with E-state index >= 15 is 0 Å². The molecule has 2 aromatic carbocycles. The third kappa shape index (κ3) is 2.44. The fourth-order valence-corrected chi connectivity index (χ4v) is 2.33. The molecule has 2 nitrogen and oxygen atoms in total. The Labute approximate surface area is 117 Å². The second kappa shape index (κ2) is 5.59. The first-order valence-electron chi connectivity index (χ1n) is 5.16. The molecule has 0 saturated carbocycles. The van der Waals surface area contributed by atoms with E-state index in [0.717, 1.165) is 0 Å². The second-order valence-electron chi connectivity index (χ2n) is 3.67. The summed E-state index contributed by atoms with van der Waals surface area (Å²) in [6, 6.07) is 10.6. The normalized spacial score (nSPS) is 12.2. The van der Waals surface area contributed by atoms with E-state index in [2.05, 4.69) is 21.1 Å². The van der Waals surface area contributed by atoms with Gasteiger partial charge in [-0.25, -0.2) is 4.39 Å². The summed E-state index contributed by atoms with van der Waals surface area (Å²) in [6.45, 7) is 0. The van der Waals surface area contributed by atoms with Crippen LogP contribution in [0, 0.1) is 10.7 Å². The molecule has 2 aromatic rings. The molecule has 1 unspecified atom stereocenters. The van der Waals surface area contributed by atoms with Crippen LogP contribution in [0.15, 0.2) is 52.1 Å². The van der Waals surface area contributed by atoms with Crippen LogP contribution in [0.2, 0.25) is 5.02 Å². The summed E-state index contributed by atoms with van der Waals surface area (Å²) in [4.78, 5) is 11.0. The van der Waals surface area contributed by atoms with E-state index in [-0.39, 0.29) is 5.56 Å². The van der Waals surface area contributed by atoms with Gasteiger partial charge in [0, 0.05) is 16.1 Å². The third-order valence-corrected chi connectivity index (χ3v) is 3.54. The van der Waals surface area contributed by atoms with Gasteiger partial charge < -0.3 is 0 Å². The van der Waals surface area contributed by atoms with Crippen LogP contribution < -0.4 is 0 Å². The van der Waals surface area contributed by atoms with Gasteiger partial charge in [0.05, 0.1) is 4.47 Å². The quantitative estimate of drug-likeness (QED) is 0.721. The number of nitrogens with zero attached hydrogens (tertiary/aromatic N) is 1. The summed E-state index contributed by atoms with van der Waals surface area (Å²) in [5.41, 5.74) is 0.693. The SMILES string of the molecule is O=NC(c1ccccc1Cl)c1cccc(Br)c1F. The average Bonchev–Trinajstić information content (AvgIpc) is 2.37. The summed E-state index contributed by atoms with van der Waals surface area (Å²) in [6.07, 6.45) is 0. The maximum Gasteiger partial charge on any atom is 0.146 e. The van der Waals surface area contributed by atoms with Gasteiger partial charge in [-0.1, -0.05) is 47.1 Å². The maximum atomic E-state index is 14.0. The largest absolute Gasteiger partial charge is 0.205 e. The highest BCUT2D eigenvalue weighted by molar-refractivity contribution is 9.10. The van der Waals surface area contributed by atoms with Crippen molar-refractivity contribution in [2.45, 2.75) is 6.04 Å². The lowest BCUT2D eigenvalue weighted by Gasteiger charge is -2.13. The van der Waals surface area contributed by atoms with Crippen LogP contribution >= 0.6 is 27.5 Å². The minimum atomic E-state index is -0.948. The zero-order valence-corrected chi connectivity index (χ0v) is 11.5. The summed E-state index contributed by atoms with van der Waals surface area (Å²) < 4.78 is 14.3. The number of hydrogen-bond acceptors (Lipinski definition) is 2. The van der Waals surface area contributed by atoms with Crippen LogP contribution in [0.25, 0.3) is 0 Å². The Morgan fingerprint density at radius 2 is 1.78 bits per heavy atom. The molecule has 0 aliphatic heterocycles. The summed E-state index contributed by atoms with van der Waals surface area (Å²) >= 11 is 9.09. The van der Waals surface area contributed by atoms with Gasteiger partial charge in [0.15, 0.2) is 0 Å². The number of rotatable bonds is 3. The highest BCUT2D eigenvalue weighted by Crippen LogP contribution is 2.34. The lowest BCUT2D eigenvalue weighted by Crippen LogP contribution is -2.01. The Balaban J connectivity index is 2.56. The molecule has 2 rings (SSSR count). The van der Waals surface area contributed by atoms with Crippen LogP contribution in [0.1, 0.15) is 17.2 Å². The second-order valence-corrected chi connectivity index (χ2v) is 4.93. The maximum absolute atomic E-state index is 14.0. The zero-order chi connectivity index (χ0) is 13.1. The number of halogens is 3. The van der Waals surface area contributed by atoms with Gasteiger partial charge in [-0.05, 0) is 28.1 Å². The van der Waals surface area contributed by atoms with Crippen molar-refractivity contribution in [3.8, 4) is 0 Å². The Hall–Kier alpha value is -1.26. The molecule has 18 heavy (non-hydrogen) atoms. The molecule has 0 aliphatic rings. The smallest absolute Gasteiger partial charge is 0.146 e. The Morgan fingerprint density at radius 3 is 2.44 bits per heavy atom. The van der Waals surface area contributed by atoms with Gasteiger partial charge in [0.2, 0.25) is 0 Å². The molecule has 0 saturated heterocycles. The molecule has 1 atom stereocenters. The van der Waals surface area contributed by atoms with E-state index in [0.29, 0.717) is 15.1 Å². The van der Waals surface area contributed by atoms with Crippen molar-refractivity contribution in [1.82, 2.24) is 0 Å². The zero-order valence-electron chi connectivity index (χ0n) is 9.11. The number of nitroso groups, excluding NO2 is 1. The molecule has 0 radical (unpaired) electrons. The molecular weight excluding hydrogens is 321 g/mol. The van der Waals surface area contributed by atoms with Gasteiger partial charge >= 0.3 is 0 Å². The molecule has 0 N–H and O–H groups in total. The van der Waals surface area contributed by atoms with E-state index in [4.69, 9.17) is 11.6 Å². The summed E-state index contributed by atoms with van der Waals surface area (Å²) in [5, 5.41) is 3.39. The molecule has 0 aliphatic carbocycles. The van der Waals surface area contributed by atoms with E-state index in [1.165, 1.54) is 6.07 Å². The van der Waals surface area contributed by atoms with Crippen LogP contribution in [-0.4, -0.2) is 0 Å². The fraction of sp³-hybridized carbons (Fsp3) is 0.0769. The monoisotopic (exact) mass is 327 g/mol. The van der Waals surface area contributed by atoms with Crippen molar-refractivity contribution < 1.29 is 4.39 Å². The van der Waals surface area contributed by atoms with Gasteiger partial charge in [-0.15, -0.1) is 4.91 Å². The van der Waals surface area contributed by atoms with E-state index < -0.39 is 11.9 Å². The molecule has 0 spiro atoms. The minimum Gasteiger partial charge on any atom is -0.205 e. The van der Waals surface area contributed by atoms with Crippen LogP contribution in [-0.2, 0) is 0 Å². The Morgan fingerprint density at radius 1 is 1.11 bits per heavy atom. The van der Waals surface area contributed by atoms with Crippen LogP contribution in [0.5, 0.6) is 0 Å².